The van der Waals surface area contributed by atoms with Gasteiger partial charge in [0.1, 0.15) is 19.8 Å². The van der Waals surface area contributed by atoms with E-state index in [-0.39, 0.29) is 26.1 Å². The quantitative estimate of drug-likeness (QED) is 0.0310. The molecular formula is C34H68NO8P. The Kier molecular flexibility index (Phi) is 27.6. The maximum absolute atomic E-state index is 12.4. The van der Waals surface area contributed by atoms with Crippen LogP contribution in [0.2, 0.25) is 0 Å². The van der Waals surface area contributed by atoms with Crippen molar-refractivity contribution in [1.82, 2.24) is 0 Å². The minimum absolute atomic E-state index is 0.0288. The van der Waals surface area contributed by atoms with E-state index in [1.54, 1.807) is 6.92 Å². The molecule has 262 valence electrons. The summed E-state index contributed by atoms with van der Waals surface area (Å²) in [6.07, 6.45) is 25.2. The molecule has 0 fully saturated rings. The molecule has 9 nitrogen and oxygen atoms in total. The van der Waals surface area contributed by atoms with Gasteiger partial charge in [0, 0.05) is 12.8 Å². The number of phosphoric ester groups is 1. The molecule has 0 radical (unpaired) electrons. The van der Waals surface area contributed by atoms with E-state index in [0.717, 1.165) is 12.8 Å². The van der Waals surface area contributed by atoms with Crippen LogP contribution in [0.5, 0.6) is 0 Å². The fraction of sp³-hybridized carbons (Fsp3) is 0.941. The smallest absolute Gasteiger partial charge is 0.306 e. The zero-order valence-corrected chi connectivity index (χ0v) is 30.0. The van der Waals surface area contributed by atoms with E-state index in [9.17, 15) is 19.0 Å². The molecule has 2 unspecified atom stereocenters. The van der Waals surface area contributed by atoms with Crippen molar-refractivity contribution >= 4 is 19.8 Å². The van der Waals surface area contributed by atoms with Crippen molar-refractivity contribution in [2.45, 2.75) is 161 Å². The largest absolute Gasteiger partial charge is 0.756 e. The Balaban J connectivity index is 3.89. The van der Waals surface area contributed by atoms with Gasteiger partial charge in [0.25, 0.3) is 7.82 Å². The van der Waals surface area contributed by atoms with Gasteiger partial charge < -0.3 is 27.9 Å². The standard InChI is InChI=1S/C34H68NO8P/c1-6-8-9-10-11-12-13-14-15-16-17-18-19-20-21-22-23-24-25-26-27-34(37)43-32(30-40-33(36)7-2)31-42-44(38,39)41-29-28-35(3,4)5/h32H,6-31H2,1-5H3. The molecule has 0 saturated heterocycles. The Morgan fingerprint density at radius 3 is 1.48 bits per heavy atom. The number of carbonyl (C=O) groups excluding carboxylic acids is 2. The second kappa shape index (κ2) is 28.3. The lowest BCUT2D eigenvalue weighted by atomic mass is 10.0. The molecule has 0 aromatic carbocycles. The van der Waals surface area contributed by atoms with E-state index in [1.807, 2.05) is 21.1 Å². The van der Waals surface area contributed by atoms with Gasteiger partial charge in [0.2, 0.25) is 0 Å². The third-order valence-electron chi connectivity index (χ3n) is 7.68. The van der Waals surface area contributed by atoms with Gasteiger partial charge in [0.05, 0.1) is 27.7 Å². The maximum atomic E-state index is 12.4. The summed E-state index contributed by atoms with van der Waals surface area (Å²) in [7, 11) is 1.17. The van der Waals surface area contributed by atoms with E-state index in [2.05, 4.69) is 6.92 Å². The molecule has 0 saturated carbocycles. The molecule has 10 heteroatoms. The first-order valence-electron chi connectivity index (χ1n) is 17.7. The van der Waals surface area contributed by atoms with Crippen LogP contribution in [0.1, 0.15) is 155 Å². The van der Waals surface area contributed by atoms with Gasteiger partial charge in [-0.25, -0.2) is 0 Å². The summed E-state index contributed by atoms with van der Waals surface area (Å²) in [6.45, 7) is 3.63. The van der Waals surface area contributed by atoms with Gasteiger partial charge in [0.15, 0.2) is 6.10 Å². The van der Waals surface area contributed by atoms with Gasteiger partial charge in [-0.1, -0.05) is 136 Å². The number of nitrogens with zero attached hydrogens (tertiary/aromatic N) is 1. The Hall–Kier alpha value is -0.990. The predicted molar refractivity (Wildman–Crippen MR) is 176 cm³/mol. The van der Waals surface area contributed by atoms with E-state index in [1.165, 1.54) is 109 Å². The van der Waals surface area contributed by atoms with Crippen LogP contribution in [0.3, 0.4) is 0 Å². The summed E-state index contributed by atoms with van der Waals surface area (Å²) in [5.41, 5.74) is 0. The van der Waals surface area contributed by atoms with Crippen LogP contribution in [0.25, 0.3) is 0 Å². The molecule has 44 heavy (non-hydrogen) atoms. The molecule has 0 heterocycles. The van der Waals surface area contributed by atoms with Gasteiger partial charge >= 0.3 is 11.9 Å². The minimum Gasteiger partial charge on any atom is -0.756 e. The summed E-state index contributed by atoms with van der Waals surface area (Å²) in [4.78, 5) is 36.0. The first-order chi connectivity index (χ1) is 21.0. The molecule has 0 amide bonds. The predicted octanol–water partition coefficient (Wildman–Crippen LogP) is 8.27. The van der Waals surface area contributed by atoms with Gasteiger partial charge in [-0.05, 0) is 6.42 Å². The number of unbranched alkanes of at least 4 members (excludes halogenated alkanes) is 19. The molecule has 0 aromatic heterocycles. The number of ether oxygens (including phenoxy) is 2. The zero-order chi connectivity index (χ0) is 32.9. The zero-order valence-electron chi connectivity index (χ0n) is 29.1. The van der Waals surface area contributed by atoms with Crippen LogP contribution >= 0.6 is 7.82 Å². The maximum Gasteiger partial charge on any atom is 0.306 e. The Bertz CT molecular complexity index is 743. The number of phosphoric acid groups is 1. The minimum atomic E-state index is -4.58. The Morgan fingerprint density at radius 1 is 0.636 bits per heavy atom. The molecule has 0 aliphatic rings. The fourth-order valence-corrected chi connectivity index (χ4v) is 5.54. The summed E-state index contributed by atoms with van der Waals surface area (Å²) in [6, 6.07) is 0. The van der Waals surface area contributed by atoms with Crippen molar-refractivity contribution < 1.29 is 42.1 Å². The highest BCUT2D eigenvalue weighted by Crippen LogP contribution is 2.38. The van der Waals surface area contributed by atoms with E-state index in [0.29, 0.717) is 17.4 Å². The van der Waals surface area contributed by atoms with Crippen LogP contribution in [0.4, 0.5) is 0 Å². The highest BCUT2D eigenvalue weighted by molar-refractivity contribution is 7.45. The second-order valence-corrected chi connectivity index (χ2v) is 14.6. The number of rotatable bonds is 32. The molecule has 0 spiro atoms. The summed E-state index contributed by atoms with van der Waals surface area (Å²) < 4.78 is 32.9. The average Bonchev–Trinajstić information content (AvgIpc) is 2.96. The van der Waals surface area contributed by atoms with Crippen molar-refractivity contribution in [2.24, 2.45) is 0 Å². The monoisotopic (exact) mass is 649 g/mol. The molecular weight excluding hydrogens is 581 g/mol. The van der Waals surface area contributed by atoms with Crippen LogP contribution < -0.4 is 4.89 Å². The highest BCUT2D eigenvalue weighted by atomic mass is 31.2. The van der Waals surface area contributed by atoms with E-state index < -0.39 is 32.5 Å². The third-order valence-corrected chi connectivity index (χ3v) is 8.65. The number of hydrogen-bond donors (Lipinski definition) is 0. The van der Waals surface area contributed by atoms with Gasteiger partial charge in [-0.15, -0.1) is 0 Å². The number of hydrogen-bond acceptors (Lipinski definition) is 8. The van der Waals surface area contributed by atoms with Crippen LogP contribution in [-0.2, 0) is 32.7 Å². The van der Waals surface area contributed by atoms with Crippen LogP contribution in [-0.4, -0.2) is 70.0 Å². The highest BCUT2D eigenvalue weighted by Gasteiger charge is 2.21. The molecule has 0 aromatic rings. The van der Waals surface area contributed by atoms with E-state index in [4.69, 9.17) is 18.5 Å². The SMILES string of the molecule is CCCCCCCCCCCCCCCCCCCCCCC(=O)OC(COC(=O)CC)COP(=O)([O-])OCC[N+](C)(C)C. The van der Waals surface area contributed by atoms with Crippen LogP contribution in [0, 0.1) is 0 Å². The molecule has 0 rings (SSSR count). The number of carbonyl (C=O) groups is 2. The lowest BCUT2D eigenvalue weighted by molar-refractivity contribution is -0.870. The summed E-state index contributed by atoms with van der Waals surface area (Å²) >= 11 is 0. The normalized spacial score (nSPS) is 13.9. The van der Waals surface area contributed by atoms with Gasteiger partial charge in [-0.3, -0.25) is 14.2 Å². The molecule has 0 bridgehead atoms. The topological polar surface area (TPSA) is 111 Å². The lowest BCUT2D eigenvalue weighted by Gasteiger charge is -2.28. The second-order valence-electron chi connectivity index (χ2n) is 13.2. The Morgan fingerprint density at radius 2 is 1.07 bits per heavy atom. The number of likely N-dealkylation sites (N-methyl/N-ethyl adjacent to an activating group) is 1. The summed E-state index contributed by atoms with van der Waals surface area (Å²) in [5.74, 6) is -0.926. The molecule has 0 aliphatic heterocycles. The summed E-state index contributed by atoms with van der Waals surface area (Å²) in [5, 5.41) is 0. The van der Waals surface area contributed by atoms with Crippen molar-refractivity contribution in [1.29, 1.82) is 0 Å². The van der Waals surface area contributed by atoms with Crippen molar-refractivity contribution in [3.05, 3.63) is 0 Å². The van der Waals surface area contributed by atoms with E-state index >= 15 is 0 Å². The average molecular weight is 650 g/mol. The molecule has 0 aliphatic carbocycles. The fourth-order valence-electron chi connectivity index (χ4n) is 4.81. The number of quaternary nitrogens is 1. The van der Waals surface area contributed by atoms with Crippen molar-refractivity contribution in [3.8, 4) is 0 Å². The number of esters is 2. The third kappa shape index (κ3) is 31.0. The first-order valence-corrected chi connectivity index (χ1v) is 19.2. The Labute approximate surface area is 270 Å². The lowest BCUT2D eigenvalue weighted by Crippen LogP contribution is -2.37. The van der Waals surface area contributed by atoms with Crippen molar-refractivity contribution in [3.63, 3.8) is 0 Å². The first kappa shape index (κ1) is 43.0. The molecule has 0 N–H and O–H groups in total. The van der Waals surface area contributed by atoms with Gasteiger partial charge in [-0.2, -0.15) is 0 Å². The molecule has 2 atom stereocenters. The van der Waals surface area contributed by atoms with Crippen LogP contribution in [0.15, 0.2) is 0 Å². The van der Waals surface area contributed by atoms with Crippen molar-refractivity contribution in [2.75, 3.05) is 47.5 Å².